The number of hydrogen-bond donors (Lipinski definition) is 0. The molecule has 0 rings (SSSR count). The van der Waals surface area contributed by atoms with Crippen molar-refractivity contribution in [1.29, 1.82) is 0 Å². The van der Waals surface area contributed by atoms with E-state index in [9.17, 15) is 14.4 Å². The summed E-state index contributed by atoms with van der Waals surface area (Å²) in [6.45, 7) is 6.43. The number of ether oxygens (including phenoxy) is 3. The molecule has 0 aromatic heterocycles. The summed E-state index contributed by atoms with van der Waals surface area (Å²) in [5.74, 6) is -0.905. The molecule has 0 aliphatic rings. The number of carbonyl (C=O) groups excluding carboxylic acids is 3. The lowest BCUT2D eigenvalue weighted by molar-refractivity contribution is -0.167. The molecule has 0 heterocycles. The lowest BCUT2D eigenvalue weighted by Crippen LogP contribution is -2.30. The van der Waals surface area contributed by atoms with Gasteiger partial charge in [-0.15, -0.1) is 0 Å². The maximum atomic E-state index is 12.7. The zero-order chi connectivity index (χ0) is 39.4. The average molecular weight is 757 g/mol. The standard InChI is InChI=1S/C48H84O6/c1-4-7-10-13-16-19-21-22-23-24-25-26-28-29-32-35-38-41-47(50)53-44-45(43-52-46(49)40-37-34-31-18-15-12-9-6-3)54-48(51)42-39-36-33-30-27-20-17-14-11-8-5-2/h7,10,14,16-17,19,22-23,45H,4-6,8-9,11-13,15,18,20-21,24-44H2,1-3H3/b10-7-,17-14-,19-16-,23-22-. The largest absolute Gasteiger partial charge is 0.462 e. The zero-order valence-corrected chi connectivity index (χ0v) is 35.5. The number of rotatable bonds is 40. The van der Waals surface area contributed by atoms with Crippen LogP contribution in [0.1, 0.15) is 220 Å². The van der Waals surface area contributed by atoms with E-state index < -0.39 is 6.10 Å². The maximum absolute atomic E-state index is 12.7. The minimum absolute atomic E-state index is 0.0789. The summed E-state index contributed by atoms with van der Waals surface area (Å²) in [4.78, 5) is 37.6. The molecule has 1 atom stereocenters. The molecule has 0 amide bonds. The Morgan fingerprint density at radius 1 is 0.389 bits per heavy atom. The topological polar surface area (TPSA) is 78.9 Å². The van der Waals surface area contributed by atoms with Gasteiger partial charge in [0, 0.05) is 19.3 Å². The molecule has 6 nitrogen and oxygen atoms in total. The lowest BCUT2D eigenvalue weighted by Gasteiger charge is -2.18. The Balaban J connectivity index is 4.32. The first-order chi connectivity index (χ1) is 26.5. The van der Waals surface area contributed by atoms with E-state index in [2.05, 4.69) is 69.4 Å². The molecule has 0 aromatic carbocycles. The second kappa shape index (κ2) is 43.1. The van der Waals surface area contributed by atoms with Crippen molar-refractivity contribution in [3.63, 3.8) is 0 Å². The molecule has 1 unspecified atom stereocenters. The van der Waals surface area contributed by atoms with Gasteiger partial charge >= 0.3 is 17.9 Å². The van der Waals surface area contributed by atoms with Gasteiger partial charge in [0.25, 0.3) is 0 Å². The lowest BCUT2D eigenvalue weighted by atomic mass is 10.1. The fourth-order valence-electron chi connectivity index (χ4n) is 6.14. The van der Waals surface area contributed by atoms with Crippen LogP contribution in [0.4, 0.5) is 0 Å². The fraction of sp³-hybridized carbons (Fsp3) is 0.771. The Bertz CT molecular complexity index is 964. The van der Waals surface area contributed by atoms with E-state index in [1.807, 2.05) is 0 Å². The Hall–Kier alpha value is -2.63. The molecule has 0 saturated heterocycles. The average Bonchev–Trinajstić information content (AvgIpc) is 3.17. The van der Waals surface area contributed by atoms with Gasteiger partial charge in [-0.05, 0) is 70.6 Å². The van der Waals surface area contributed by atoms with Crippen LogP contribution in [0.5, 0.6) is 0 Å². The van der Waals surface area contributed by atoms with Crippen LogP contribution in [-0.2, 0) is 28.6 Å². The highest BCUT2D eigenvalue weighted by atomic mass is 16.6. The summed E-state index contributed by atoms with van der Waals surface area (Å²) < 4.78 is 16.6. The number of hydrogen-bond acceptors (Lipinski definition) is 6. The Kier molecular flexibility index (Phi) is 41.0. The van der Waals surface area contributed by atoms with Gasteiger partial charge < -0.3 is 14.2 Å². The third kappa shape index (κ3) is 40.6. The summed E-state index contributed by atoms with van der Waals surface area (Å²) in [5, 5.41) is 0. The van der Waals surface area contributed by atoms with E-state index in [1.54, 1.807) is 0 Å². The molecule has 54 heavy (non-hydrogen) atoms. The Morgan fingerprint density at radius 2 is 0.741 bits per heavy atom. The van der Waals surface area contributed by atoms with Gasteiger partial charge in [-0.2, -0.15) is 0 Å². The molecule has 0 saturated carbocycles. The van der Waals surface area contributed by atoms with Crippen molar-refractivity contribution in [3.8, 4) is 0 Å². The molecular weight excluding hydrogens is 673 g/mol. The van der Waals surface area contributed by atoms with E-state index >= 15 is 0 Å². The molecule has 312 valence electrons. The molecule has 0 aliphatic carbocycles. The van der Waals surface area contributed by atoms with Gasteiger partial charge in [0.2, 0.25) is 0 Å². The van der Waals surface area contributed by atoms with Crippen molar-refractivity contribution < 1.29 is 28.6 Å². The van der Waals surface area contributed by atoms with Gasteiger partial charge in [-0.3, -0.25) is 14.4 Å². The van der Waals surface area contributed by atoms with Crippen molar-refractivity contribution >= 4 is 17.9 Å². The summed E-state index contributed by atoms with van der Waals surface area (Å²) in [6.07, 6.45) is 49.5. The van der Waals surface area contributed by atoms with Crippen LogP contribution in [-0.4, -0.2) is 37.2 Å². The molecule has 0 bridgehead atoms. The molecule has 0 aliphatic heterocycles. The van der Waals surface area contributed by atoms with Crippen molar-refractivity contribution in [2.75, 3.05) is 13.2 Å². The first-order valence-electron chi connectivity index (χ1n) is 22.6. The molecule has 0 radical (unpaired) electrons. The van der Waals surface area contributed by atoms with E-state index in [-0.39, 0.29) is 31.1 Å². The first kappa shape index (κ1) is 51.4. The van der Waals surface area contributed by atoms with Crippen LogP contribution in [0.3, 0.4) is 0 Å². The molecule has 0 aromatic rings. The zero-order valence-electron chi connectivity index (χ0n) is 35.5. The van der Waals surface area contributed by atoms with Gasteiger partial charge in [-0.25, -0.2) is 0 Å². The second-order valence-electron chi connectivity index (χ2n) is 14.9. The smallest absolute Gasteiger partial charge is 0.306 e. The van der Waals surface area contributed by atoms with Crippen LogP contribution in [0.2, 0.25) is 0 Å². The van der Waals surface area contributed by atoms with Gasteiger partial charge in [0.1, 0.15) is 13.2 Å². The predicted molar refractivity (Wildman–Crippen MR) is 229 cm³/mol. The summed E-state index contributed by atoms with van der Waals surface area (Å²) in [7, 11) is 0. The number of carbonyl (C=O) groups is 3. The number of allylic oxidation sites excluding steroid dienone is 8. The van der Waals surface area contributed by atoms with Crippen molar-refractivity contribution in [2.45, 2.75) is 226 Å². The van der Waals surface area contributed by atoms with Crippen LogP contribution < -0.4 is 0 Å². The molecule has 6 heteroatoms. The minimum atomic E-state index is -0.775. The fourth-order valence-corrected chi connectivity index (χ4v) is 6.14. The highest BCUT2D eigenvalue weighted by Gasteiger charge is 2.19. The molecular formula is C48H84O6. The minimum Gasteiger partial charge on any atom is -0.462 e. The number of esters is 3. The number of unbranched alkanes of at least 4 members (excludes halogenated alkanes) is 21. The van der Waals surface area contributed by atoms with Crippen molar-refractivity contribution in [2.24, 2.45) is 0 Å². The van der Waals surface area contributed by atoms with Gasteiger partial charge in [0.05, 0.1) is 0 Å². The van der Waals surface area contributed by atoms with Crippen LogP contribution in [0, 0.1) is 0 Å². The summed E-state index contributed by atoms with van der Waals surface area (Å²) in [5.41, 5.74) is 0. The highest BCUT2D eigenvalue weighted by molar-refractivity contribution is 5.71. The third-order valence-electron chi connectivity index (χ3n) is 9.57. The summed E-state index contributed by atoms with van der Waals surface area (Å²) >= 11 is 0. The van der Waals surface area contributed by atoms with Crippen molar-refractivity contribution in [3.05, 3.63) is 48.6 Å². The van der Waals surface area contributed by atoms with Crippen molar-refractivity contribution in [1.82, 2.24) is 0 Å². The Morgan fingerprint density at radius 3 is 1.20 bits per heavy atom. The Labute approximate surface area is 333 Å². The molecule has 0 spiro atoms. The molecule has 0 fully saturated rings. The monoisotopic (exact) mass is 757 g/mol. The summed E-state index contributed by atoms with van der Waals surface area (Å²) in [6, 6.07) is 0. The third-order valence-corrected chi connectivity index (χ3v) is 9.57. The van der Waals surface area contributed by atoms with Crippen LogP contribution in [0.15, 0.2) is 48.6 Å². The van der Waals surface area contributed by atoms with Crippen LogP contribution in [0.25, 0.3) is 0 Å². The maximum Gasteiger partial charge on any atom is 0.306 e. The van der Waals surface area contributed by atoms with E-state index in [0.717, 1.165) is 96.3 Å². The predicted octanol–water partition coefficient (Wildman–Crippen LogP) is 14.4. The van der Waals surface area contributed by atoms with E-state index in [1.165, 1.54) is 83.5 Å². The quantitative estimate of drug-likeness (QED) is 0.0268. The van der Waals surface area contributed by atoms with E-state index in [0.29, 0.717) is 19.3 Å². The highest BCUT2D eigenvalue weighted by Crippen LogP contribution is 2.14. The van der Waals surface area contributed by atoms with E-state index in [4.69, 9.17) is 14.2 Å². The van der Waals surface area contributed by atoms with Gasteiger partial charge in [-0.1, -0.05) is 179 Å². The normalized spacial score (nSPS) is 12.4. The van der Waals surface area contributed by atoms with Crippen LogP contribution >= 0.6 is 0 Å². The second-order valence-corrected chi connectivity index (χ2v) is 14.9. The first-order valence-corrected chi connectivity index (χ1v) is 22.6. The SMILES string of the molecule is CC/C=C\C/C=C\C/C=C\CCCCCCCCCC(=O)OCC(COC(=O)CCCCCCCCCC)OC(=O)CCCCCCC/C=C\CCCC. The molecule has 0 N–H and O–H groups in total. The van der Waals surface area contributed by atoms with Gasteiger partial charge in [0.15, 0.2) is 6.10 Å².